The summed E-state index contributed by atoms with van der Waals surface area (Å²) >= 11 is 0. The summed E-state index contributed by atoms with van der Waals surface area (Å²) in [6.45, 7) is 3.86. The molecular formula is C14H21N3O3. The predicted molar refractivity (Wildman–Crippen MR) is 77.9 cm³/mol. The fourth-order valence-electron chi connectivity index (χ4n) is 1.38. The molecule has 1 rings (SSSR count). The Kier molecular flexibility index (Phi) is 5.83. The van der Waals surface area contributed by atoms with Gasteiger partial charge in [-0.1, -0.05) is 0 Å². The zero-order chi connectivity index (χ0) is 15.1. The zero-order valence-corrected chi connectivity index (χ0v) is 12.3. The van der Waals surface area contributed by atoms with Gasteiger partial charge < -0.3 is 20.3 Å². The monoisotopic (exact) mass is 279 g/mol. The van der Waals surface area contributed by atoms with Crippen molar-refractivity contribution in [2.75, 3.05) is 26.0 Å². The molecule has 6 nitrogen and oxygen atoms in total. The van der Waals surface area contributed by atoms with E-state index >= 15 is 0 Å². The normalized spacial score (nSPS) is 10.1. The summed E-state index contributed by atoms with van der Waals surface area (Å²) in [5.41, 5.74) is 0.635. The molecule has 0 unspecified atom stereocenters. The number of carbonyl (C=O) groups is 2. The van der Waals surface area contributed by atoms with Crippen LogP contribution in [0.15, 0.2) is 24.3 Å². The van der Waals surface area contributed by atoms with Crippen LogP contribution >= 0.6 is 0 Å². The van der Waals surface area contributed by atoms with Crippen LogP contribution in [0, 0.1) is 0 Å². The lowest BCUT2D eigenvalue weighted by Gasteiger charge is -2.12. The van der Waals surface area contributed by atoms with Crippen molar-refractivity contribution in [3.05, 3.63) is 24.3 Å². The molecule has 0 atom stereocenters. The van der Waals surface area contributed by atoms with Crippen molar-refractivity contribution in [1.29, 1.82) is 0 Å². The second-order valence-corrected chi connectivity index (χ2v) is 4.79. The Morgan fingerprint density at radius 2 is 1.80 bits per heavy atom. The molecule has 0 spiro atoms. The number of urea groups is 1. The molecule has 0 aromatic heterocycles. The van der Waals surface area contributed by atoms with Crippen molar-refractivity contribution >= 4 is 17.6 Å². The largest absolute Gasteiger partial charge is 0.491 e. The van der Waals surface area contributed by atoms with Crippen LogP contribution in [0.4, 0.5) is 10.5 Å². The number of nitrogens with zero attached hydrogens (tertiary/aromatic N) is 1. The molecule has 0 heterocycles. The number of hydrogen-bond donors (Lipinski definition) is 2. The highest BCUT2D eigenvalue weighted by Gasteiger charge is 2.07. The Balaban J connectivity index is 2.44. The minimum absolute atomic E-state index is 0.0343. The molecule has 0 aliphatic heterocycles. The minimum Gasteiger partial charge on any atom is -0.491 e. The van der Waals surface area contributed by atoms with Crippen LogP contribution in [-0.2, 0) is 4.79 Å². The summed E-state index contributed by atoms with van der Waals surface area (Å²) < 4.78 is 5.50. The average molecular weight is 279 g/mol. The van der Waals surface area contributed by atoms with Crippen LogP contribution in [0.3, 0.4) is 0 Å². The number of likely N-dealkylation sites (N-methyl/N-ethyl adjacent to an activating group) is 1. The third-order valence-corrected chi connectivity index (χ3v) is 2.38. The maximum atomic E-state index is 11.6. The number of amides is 3. The van der Waals surface area contributed by atoms with E-state index in [0.29, 0.717) is 5.69 Å². The SMILES string of the molecule is CC(C)Oc1ccc(NC(=O)NCC(=O)N(C)C)cc1. The first-order valence-electron chi connectivity index (χ1n) is 6.40. The van der Waals surface area contributed by atoms with Gasteiger partial charge in [0.1, 0.15) is 5.75 Å². The first-order chi connectivity index (χ1) is 9.38. The van der Waals surface area contributed by atoms with Crippen molar-refractivity contribution < 1.29 is 14.3 Å². The molecule has 0 saturated carbocycles. The van der Waals surface area contributed by atoms with E-state index in [0.717, 1.165) is 5.75 Å². The number of carbonyl (C=O) groups excluding carboxylic acids is 2. The van der Waals surface area contributed by atoms with Gasteiger partial charge >= 0.3 is 6.03 Å². The molecule has 2 N–H and O–H groups in total. The van der Waals surface area contributed by atoms with E-state index in [1.54, 1.807) is 38.4 Å². The van der Waals surface area contributed by atoms with Gasteiger partial charge in [0.25, 0.3) is 0 Å². The van der Waals surface area contributed by atoms with Gasteiger partial charge in [0.15, 0.2) is 0 Å². The van der Waals surface area contributed by atoms with Crippen LogP contribution in [0.2, 0.25) is 0 Å². The molecule has 110 valence electrons. The quantitative estimate of drug-likeness (QED) is 0.861. The smallest absolute Gasteiger partial charge is 0.319 e. The highest BCUT2D eigenvalue weighted by atomic mass is 16.5. The molecule has 0 radical (unpaired) electrons. The molecule has 1 aromatic rings. The molecule has 0 aliphatic carbocycles. The Bertz CT molecular complexity index is 455. The van der Waals surface area contributed by atoms with Gasteiger partial charge in [-0.25, -0.2) is 4.79 Å². The summed E-state index contributed by atoms with van der Waals surface area (Å²) in [4.78, 5) is 24.3. The molecule has 6 heteroatoms. The Morgan fingerprint density at radius 1 is 1.20 bits per heavy atom. The van der Waals surface area contributed by atoms with Gasteiger partial charge in [-0.2, -0.15) is 0 Å². The van der Waals surface area contributed by atoms with Gasteiger partial charge in [-0.3, -0.25) is 4.79 Å². The van der Waals surface area contributed by atoms with Gasteiger partial charge in [0, 0.05) is 19.8 Å². The average Bonchev–Trinajstić information content (AvgIpc) is 2.37. The maximum Gasteiger partial charge on any atom is 0.319 e. The molecule has 0 fully saturated rings. The van der Waals surface area contributed by atoms with Crippen molar-refractivity contribution in [3.8, 4) is 5.75 Å². The van der Waals surface area contributed by atoms with Crippen LogP contribution in [0.25, 0.3) is 0 Å². The Morgan fingerprint density at radius 3 is 2.30 bits per heavy atom. The third-order valence-electron chi connectivity index (χ3n) is 2.38. The van der Waals surface area contributed by atoms with Crippen LogP contribution in [0.1, 0.15) is 13.8 Å². The van der Waals surface area contributed by atoms with Crippen molar-refractivity contribution in [2.24, 2.45) is 0 Å². The van der Waals surface area contributed by atoms with E-state index in [-0.39, 0.29) is 18.6 Å². The van der Waals surface area contributed by atoms with E-state index < -0.39 is 6.03 Å². The van der Waals surface area contributed by atoms with Crippen molar-refractivity contribution in [1.82, 2.24) is 10.2 Å². The zero-order valence-electron chi connectivity index (χ0n) is 12.3. The summed E-state index contributed by atoms with van der Waals surface area (Å²) in [5, 5.41) is 5.13. The summed E-state index contributed by atoms with van der Waals surface area (Å²) in [6, 6.07) is 6.62. The van der Waals surface area contributed by atoms with E-state index in [1.807, 2.05) is 13.8 Å². The number of anilines is 1. The fraction of sp³-hybridized carbons (Fsp3) is 0.429. The Hall–Kier alpha value is -2.24. The maximum absolute atomic E-state index is 11.6. The Labute approximate surface area is 119 Å². The third kappa shape index (κ3) is 5.60. The topological polar surface area (TPSA) is 70.7 Å². The van der Waals surface area contributed by atoms with Gasteiger partial charge in [0.05, 0.1) is 12.6 Å². The summed E-state index contributed by atoms with van der Waals surface area (Å²) in [7, 11) is 3.27. The number of benzene rings is 1. The second-order valence-electron chi connectivity index (χ2n) is 4.79. The number of nitrogens with one attached hydrogen (secondary N) is 2. The molecule has 0 bridgehead atoms. The second kappa shape index (κ2) is 7.37. The van der Waals surface area contributed by atoms with Gasteiger partial charge in [-0.15, -0.1) is 0 Å². The van der Waals surface area contributed by atoms with Gasteiger partial charge in [-0.05, 0) is 38.1 Å². The van der Waals surface area contributed by atoms with E-state index in [2.05, 4.69) is 10.6 Å². The van der Waals surface area contributed by atoms with Crippen molar-refractivity contribution in [2.45, 2.75) is 20.0 Å². The lowest BCUT2D eigenvalue weighted by molar-refractivity contribution is -0.127. The predicted octanol–water partition coefficient (Wildman–Crippen LogP) is 1.68. The lowest BCUT2D eigenvalue weighted by atomic mass is 10.3. The van der Waals surface area contributed by atoms with Crippen LogP contribution in [0.5, 0.6) is 5.75 Å². The first kappa shape index (κ1) is 15.8. The number of hydrogen-bond acceptors (Lipinski definition) is 3. The number of rotatable bonds is 5. The summed E-state index contributed by atoms with van der Waals surface area (Å²) in [6.07, 6.45) is 0.106. The minimum atomic E-state index is -0.419. The van der Waals surface area contributed by atoms with Crippen molar-refractivity contribution in [3.63, 3.8) is 0 Å². The molecular weight excluding hydrogens is 258 g/mol. The molecule has 3 amide bonds. The highest BCUT2D eigenvalue weighted by molar-refractivity contribution is 5.92. The molecule has 20 heavy (non-hydrogen) atoms. The van der Waals surface area contributed by atoms with Crippen LogP contribution < -0.4 is 15.4 Å². The summed E-state index contributed by atoms with van der Waals surface area (Å²) in [5.74, 6) is 0.578. The molecule has 0 saturated heterocycles. The highest BCUT2D eigenvalue weighted by Crippen LogP contribution is 2.16. The first-order valence-corrected chi connectivity index (χ1v) is 6.40. The van der Waals surface area contributed by atoms with E-state index in [1.165, 1.54) is 4.90 Å². The van der Waals surface area contributed by atoms with E-state index in [4.69, 9.17) is 4.74 Å². The van der Waals surface area contributed by atoms with Crippen LogP contribution in [-0.4, -0.2) is 43.6 Å². The number of ether oxygens (including phenoxy) is 1. The van der Waals surface area contributed by atoms with E-state index in [9.17, 15) is 9.59 Å². The van der Waals surface area contributed by atoms with Gasteiger partial charge in [0.2, 0.25) is 5.91 Å². The standard InChI is InChI=1S/C14H21N3O3/c1-10(2)20-12-7-5-11(6-8-12)16-14(19)15-9-13(18)17(3)4/h5-8,10H,9H2,1-4H3,(H2,15,16,19). The molecule has 1 aromatic carbocycles. The fourth-order valence-corrected chi connectivity index (χ4v) is 1.38. The molecule has 0 aliphatic rings. The lowest BCUT2D eigenvalue weighted by Crippen LogP contribution is -2.38.